The maximum absolute atomic E-state index is 15.1. The van der Waals surface area contributed by atoms with Gasteiger partial charge in [0.15, 0.2) is 17.0 Å². The van der Waals surface area contributed by atoms with Gasteiger partial charge in [0.05, 0.1) is 6.54 Å². The minimum atomic E-state index is -1.84. The molecular weight excluding hydrogens is 357 g/mol. The minimum Gasteiger partial charge on any atom is -0.506 e. The first-order valence-electron chi connectivity index (χ1n) is 8.65. The Morgan fingerprint density at radius 1 is 1.50 bits per heavy atom. The van der Waals surface area contributed by atoms with Crippen molar-refractivity contribution in [3.63, 3.8) is 0 Å². The third-order valence-electron chi connectivity index (χ3n) is 4.32. The molecule has 144 valence electrons. The highest BCUT2D eigenvalue weighted by molar-refractivity contribution is 7.84. The van der Waals surface area contributed by atoms with Crippen LogP contribution in [0, 0.1) is 11.7 Å². The number of carbonyl (C=O) groups is 1. The van der Waals surface area contributed by atoms with Gasteiger partial charge in [-0.25, -0.2) is 13.3 Å². The van der Waals surface area contributed by atoms with E-state index in [0.717, 1.165) is 22.7 Å². The molecule has 0 aromatic heterocycles. The van der Waals surface area contributed by atoms with Gasteiger partial charge in [-0.15, -0.1) is 0 Å². The minimum absolute atomic E-state index is 0.182. The van der Waals surface area contributed by atoms with Crippen molar-refractivity contribution in [1.82, 2.24) is 10.0 Å². The summed E-state index contributed by atoms with van der Waals surface area (Å²) in [7, 11) is 1.43. The molecule has 0 fully saturated rings. The van der Waals surface area contributed by atoms with E-state index in [2.05, 4.69) is 23.9 Å². The quantitative estimate of drug-likeness (QED) is 0.571. The molecule has 2 rings (SSSR count). The summed E-state index contributed by atoms with van der Waals surface area (Å²) in [5, 5.41) is 13.4. The second-order valence-electron chi connectivity index (χ2n) is 6.63. The molecule has 1 aromatic rings. The molecule has 8 heteroatoms. The summed E-state index contributed by atoms with van der Waals surface area (Å²) in [5.74, 6) is -0.452. The zero-order valence-electron chi connectivity index (χ0n) is 15.3. The number of aromatic hydroxyl groups is 1. The van der Waals surface area contributed by atoms with Crippen molar-refractivity contribution in [2.24, 2.45) is 5.92 Å². The number of aldehydes is 1. The normalized spacial score (nSPS) is 18.0. The topological polar surface area (TPSA) is 81.7 Å². The summed E-state index contributed by atoms with van der Waals surface area (Å²) in [5.41, 5.74) is 0.883. The van der Waals surface area contributed by atoms with E-state index in [1.807, 2.05) is 6.08 Å². The van der Waals surface area contributed by atoms with Crippen LogP contribution in [0.25, 0.3) is 5.57 Å². The smallest absolute Gasteiger partial charge is 0.196 e. The SMILES string of the molecule is CNS(=O)N(CC=O)c1c(O)ccc(C2=CC(CCC(C)C)NC2)c1F. The number of phenolic OH excluding ortho intramolecular Hbond substituents is 1. The third-order valence-corrected chi connectivity index (χ3v) is 5.40. The van der Waals surface area contributed by atoms with Gasteiger partial charge < -0.3 is 15.2 Å². The lowest BCUT2D eigenvalue weighted by Crippen LogP contribution is -2.35. The van der Waals surface area contributed by atoms with Gasteiger partial charge >= 0.3 is 0 Å². The second-order valence-corrected chi connectivity index (χ2v) is 7.97. The van der Waals surface area contributed by atoms with Crippen molar-refractivity contribution in [2.45, 2.75) is 32.7 Å². The van der Waals surface area contributed by atoms with E-state index in [-0.39, 0.29) is 24.0 Å². The van der Waals surface area contributed by atoms with Gasteiger partial charge in [-0.1, -0.05) is 19.9 Å². The molecule has 1 aliphatic heterocycles. The number of hydrogen-bond acceptors (Lipinski definition) is 4. The van der Waals surface area contributed by atoms with Crippen LogP contribution in [0.3, 0.4) is 0 Å². The van der Waals surface area contributed by atoms with E-state index in [0.29, 0.717) is 24.3 Å². The summed E-state index contributed by atoms with van der Waals surface area (Å²) >= 11 is -1.84. The number of halogens is 1. The highest BCUT2D eigenvalue weighted by atomic mass is 32.2. The molecule has 1 aromatic carbocycles. The van der Waals surface area contributed by atoms with Crippen molar-refractivity contribution in [2.75, 3.05) is 24.4 Å². The van der Waals surface area contributed by atoms with E-state index in [1.165, 1.54) is 19.2 Å². The number of rotatable bonds is 9. The van der Waals surface area contributed by atoms with E-state index >= 15 is 4.39 Å². The van der Waals surface area contributed by atoms with E-state index in [1.54, 1.807) is 0 Å². The van der Waals surface area contributed by atoms with Crippen molar-refractivity contribution >= 4 is 28.7 Å². The van der Waals surface area contributed by atoms with Crippen LogP contribution < -0.4 is 14.3 Å². The van der Waals surface area contributed by atoms with Gasteiger partial charge in [0.1, 0.15) is 17.7 Å². The lowest BCUT2D eigenvalue weighted by molar-refractivity contribution is -0.106. The van der Waals surface area contributed by atoms with E-state index < -0.39 is 17.0 Å². The summed E-state index contributed by atoms with van der Waals surface area (Å²) in [6, 6.07) is 3.05. The van der Waals surface area contributed by atoms with Gasteiger partial charge in [0.2, 0.25) is 0 Å². The first kappa shape index (κ1) is 20.5. The number of nitrogens with one attached hydrogen (secondary N) is 2. The van der Waals surface area contributed by atoms with Crippen LogP contribution in [0.4, 0.5) is 10.1 Å². The number of benzene rings is 1. The Balaban J connectivity index is 2.36. The Labute approximate surface area is 156 Å². The number of nitrogens with zero attached hydrogens (tertiary/aromatic N) is 1. The first-order valence-corrected chi connectivity index (χ1v) is 9.76. The maximum Gasteiger partial charge on any atom is 0.196 e. The average molecular weight is 383 g/mol. The molecule has 1 heterocycles. The van der Waals surface area contributed by atoms with Crippen molar-refractivity contribution in [3.05, 3.63) is 29.6 Å². The molecule has 0 amide bonds. The van der Waals surface area contributed by atoms with Gasteiger partial charge in [-0.2, -0.15) is 0 Å². The summed E-state index contributed by atoms with van der Waals surface area (Å²) in [6.07, 6.45) is 4.55. The fraction of sp³-hybridized carbons (Fsp3) is 0.500. The van der Waals surface area contributed by atoms with Crippen LogP contribution >= 0.6 is 0 Å². The zero-order chi connectivity index (χ0) is 19.3. The fourth-order valence-electron chi connectivity index (χ4n) is 2.94. The van der Waals surface area contributed by atoms with Crippen molar-refractivity contribution in [1.29, 1.82) is 0 Å². The predicted octanol–water partition coefficient (Wildman–Crippen LogP) is 2.13. The Kier molecular flexibility index (Phi) is 7.31. The maximum atomic E-state index is 15.1. The molecular formula is C18H26FN3O3S. The summed E-state index contributed by atoms with van der Waals surface area (Å²) in [6.45, 7) is 4.53. The second kappa shape index (κ2) is 9.25. The van der Waals surface area contributed by atoms with Crippen molar-refractivity contribution in [3.8, 4) is 5.75 Å². The standard InChI is InChI=1S/C18H26FN3O3S/c1-12(2)4-5-14-10-13(11-21-14)15-6-7-16(24)18(17(15)19)22(8-9-23)26(25)20-3/h6-7,9-10,12,14,20-21,24H,4-5,8,11H2,1-3H3. The molecule has 6 nitrogen and oxygen atoms in total. The number of hydrogen-bond donors (Lipinski definition) is 3. The highest BCUT2D eigenvalue weighted by Crippen LogP contribution is 2.36. The molecule has 26 heavy (non-hydrogen) atoms. The third kappa shape index (κ3) is 4.69. The average Bonchev–Trinajstić information content (AvgIpc) is 3.07. The van der Waals surface area contributed by atoms with Gasteiger partial charge in [0.25, 0.3) is 0 Å². The predicted molar refractivity (Wildman–Crippen MR) is 103 cm³/mol. The van der Waals surface area contributed by atoms with E-state index in [9.17, 15) is 14.1 Å². The van der Waals surface area contributed by atoms with Crippen LogP contribution in [0.15, 0.2) is 18.2 Å². The molecule has 0 spiro atoms. The lowest BCUT2D eigenvalue weighted by Gasteiger charge is -2.22. The van der Waals surface area contributed by atoms with Crippen LogP contribution in [-0.4, -0.2) is 41.8 Å². The molecule has 3 N–H and O–H groups in total. The Bertz CT molecular complexity index is 709. The molecule has 0 saturated heterocycles. The summed E-state index contributed by atoms with van der Waals surface area (Å²) < 4.78 is 30.7. The molecule has 2 atom stereocenters. The number of anilines is 1. The monoisotopic (exact) mass is 383 g/mol. The molecule has 2 unspecified atom stereocenters. The molecule has 0 bridgehead atoms. The Hall–Kier alpha value is -1.77. The molecule has 1 aliphatic rings. The van der Waals surface area contributed by atoms with Gasteiger partial charge in [-0.3, -0.25) is 4.31 Å². The fourth-order valence-corrected chi connectivity index (χ4v) is 3.70. The van der Waals surface area contributed by atoms with E-state index in [4.69, 9.17) is 0 Å². The summed E-state index contributed by atoms with van der Waals surface area (Å²) in [4.78, 5) is 10.9. The van der Waals surface area contributed by atoms with Crippen LogP contribution in [0.1, 0.15) is 32.3 Å². The molecule has 0 saturated carbocycles. The molecule has 0 radical (unpaired) electrons. The number of carbonyl (C=O) groups excluding carboxylic acids is 1. The van der Waals surface area contributed by atoms with Gasteiger partial charge in [-0.05, 0) is 43.5 Å². The van der Waals surface area contributed by atoms with Crippen LogP contribution in [0.2, 0.25) is 0 Å². The van der Waals surface area contributed by atoms with Crippen LogP contribution in [-0.2, 0) is 16.0 Å². The van der Waals surface area contributed by atoms with Crippen molar-refractivity contribution < 1.29 is 18.5 Å². The molecule has 0 aliphatic carbocycles. The lowest BCUT2D eigenvalue weighted by atomic mass is 10.0. The van der Waals surface area contributed by atoms with Crippen LogP contribution in [0.5, 0.6) is 5.75 Å². The highest BCUT2D eigenvalue weighted by Gasteiger charge is 2.26. The first-order chi connectivity index (χ1) is 12.4. The number of phenols is 1. The largest absolute Gasteiger partial charge is 0.506 e. The Morgan fingerprint density at radius 3 is 2.85 bits per heavy atom. The Morgan fingerprint density at radius 2 is 2.23 bits per heavy atom. The zero-order valence-corrected chi connectivity index (χ0v) is 16.1. The van der Waals surface area contributed by atoms with Gasteiger partial charge in [0, 0.05) is 18.2 Å².